The van der Waals surface area contributed by atoms with Crippen LogP contribution in [0.3, 0.4) is 0 Å². The van der Waals surface area contributed by atoms with E-state index in [1.807, 2.05) is 0 Å². The van der Waals surface area contributed by atoms with Gasteiger partial charge in [-0.25, -0.2) is 0 Å². The number of nitrogens with zero attached hydrogens (tertiary/aromatic N) is 1. The monoisotopic (exact) mass is 236 g/mol. The second kappa shape index (κ2) is 4.49. The molecule has 0 radical (unpaired) electrons. The number of rotatable bonds is 3. The van der Waals surface area contributed by atoms with Gasteiger partial charge in [-0.15, -0.1) is 6.20 Å². The molecular weight excluding hydrogens is 226 g/mol. The molecule has 1 aromatic rings. The van der Waals surface area contributed by atoms with Gasteiger partial charge < -0.3 is 14.5 Å². The number of aliphatic imine (C=N–C) groups is 1. The Morgan fingerprint density at radius 2 is 2.12 bits per heavy atom. The molecule has 1 unspecified atom stereocenters. The smallest absolute Gasteiger partial charge is 0.122 e. The highest BCUT2D eigenvalue weighted by Crippen LogP contribution is 2.27. The predicted molar refractivity (Wildman–Crippen MR) is 62.0 cm³/mol. The molecular formula is C11H10NO3S-. The second-order valence-electron chi connectivity index (χ2n) is 3.03. The molecule has 0 spiro atoms. The van der Waals surface area contributed by atoms with Crippen molar-refractivity contribution in [3.8, 4) is 11.5 Å². The van der Waals surface area contributed by atoms with E-state index in [2.05, 4.69) is 11.2 Å². The molecule has 0 saturated heterocycles. The number of ether oxygens (including phenoxy) is 2. The molecule has 0 bridgehead atoms. The van der Waals surface area contributed by atoms with Crippen molar-refractivity contribution in [2.24, 2.45) is 4.99 Å². The summed E-state index contributed by atoms with van der Waals surface area (Å²) in [6.07, 6.45) is 2.58. The second-order valence-corrected chi connectivity index (χ2v) is 4.24. The fourth-order valence-electron chi connectivity index (χ4n) is 1.38. The van der Waals surface area contributed by atoms with Crippen molar-refractivity contribution >= 4 is 15.8 Å². The predicted octanol–water partition coefficient (Wildman–Crippen LogP) is 1.49. The molecule has 4 nitrogen and oxygen atoms in total. The first-order valence-corrected chi connectivity index (χ1v) is 5.77. The Bertz CT molecular complexity index is 494. The Balaban J connectivity index is 2.45. The molecule has 1 atom stereocenters. The van der Waals surface area contributed by atoms with Crippen LogP contribution in [0, 0.1) is 6.20 Å². The summed E-state index contributed by atoms with van der Waals surface area (Å²) < 4.78 is 21.9. The van der Waals surface area contributed by atoms with Crippen molar-refractivity contribution in [2.45, 2.75) is 0 Å². The van der Waals surface area contributed by atoms with Crippen LogP contribution in [-0.2, 0) is 10.8 Å². The highest BCUT2D eigenvalue weighted by molar-refractivity contribution is 8.04. The van der Waals surface area contributed by atoms with Gasteiger partial charge >= 0.3 is 0 Å². The molecule has 1 aliphatic heterocycles. The summed E-state index contributed by atoms with van der Waals surface area (Å²) in [5.41, 5.74) is 0.697. The van der Waals surface area contributed by atoms with Gasteiger partial charge in [-0.2, -0.15) is 0 Å². The lowest BCUT2D eigenvalue weighted by Gasteiger charge is -2.14. The Labute approximate surface area is 96.1 Å². The van der Waals surface area contributed by atoms with Crippen molar-refractivity contribution in [1.82, 2.24) is 0 Å². The Morgan fingerprint density at radius 3 is 2.69 bits per heavy atom. The van der Waals surface area contributed by atoms with Crippen LogP contribution in [0.2, 0.25) is 0 Å². The molecule has 84 valence electrons. The zero-order chi connectivity index (χ0) is 11.5. The van der Waals surface area contributed by atoms with E-state index in [1.54, 1.807) is 32.4 Å². The number of methoxy groups -OCH3 is 2. The maximum Gasteiger partial charge on any atom is 0.122 e. The Hall–Kier alpha value is -1.62. The van der Waals surface area contributed by atoms with E-state index < -0.39 is 10.8 Å². The van der Waals surface area contributed by atoms with Gasteiger partial charge in [-0.1, -0.05) is 11.5 Å². The standard InChI is InChI=1S/C11H10NO3S/c1-14-8-3-4-9(10(7-8)15-2)11-12-5-6-16(11)13/h3-4,6-7H,1-2H3/q-1. The van der Waals surface area contributed by atoms with E-state index in [-0.39, 0.29) is 0 Å². The van der Waals surface area contributed by atoms with Crippen molar-refractivity contribution in [3.05, 3.63) is 35.4 Å². The average Bonchev–Trinajstić information content (AvgIpc) is 2.74. The Kier molecular flexibility index (Phi) is 3.05. The molecule has 0 N–H and O–H groups in total. The summed E-state index contributed by atoms with van der Waals surface area (Å²) in [6, 6.07) is 5.28. The molecule has 5 heteroatoms. The van der Waals surface area contributed by atoms with E-state index in [4.69, 9.17) is 9.47 Å². The minimum absolute atomic E-state index is 0.458. The molecule has 1 aliphatic rings. The normalized spacial score (nSPS) is 18.4. The number of benzene rings is 1. The van der Waals surface area contributed by atoms with E-state index in [0.717, 1.165) is 0 Å². The van der Waals surface area contributed by atoms with Crippen molar-refractivity contribution in [2.75, 3.05) is 14.2 Å². The number of hydrogen-bond donors (Lipinski definition) is 0. The van der Waals surface area contributed by atoms with Crippen LogP contribution in [0.1, 0.15) is 5.56 Å². The van der Waals surface area contributed by atoms with Crippen LogP contribution >= 0.6 is 0 Å². The average molecular weight is 236 g/mol. The molecule has 1 aromatic carbocycles. The molecule has 0 saturated carbocycles. The summed E-state index contributed by atoms with van der Waals surface area (Å²) in [7, 11) is 1.89. The van der Waals surface area contributed by atoms with Gasteiger partial charge in [-0.05, 0) is 27.5 Å². The minimum atomic E-state index is -1.24. The number of hydrogen-bond acceptors (Lipinski definition) is 4. The van der Waals surface area contributed by atoms with Gasteiger partial charge in [0.2, 0.25) is 0 Å². The van der Waals surface area contributed by atoms with Gasteiger partial charge in [0.25, 0.3) is 0 Å². The van der Waals surface area contributed by atoms with E-state index in [9.17, 15) is 4.21 Å². The molecule has 0 aromatic heterocycles. The van der Waals surface area contributed by atoms with E-state index >= 15 is 0 Å². The van der Waals surface area contributed by atoms with Crippen molar-refractivity contribution < 1.29 is 13.7 Å². The fraction of sp³-hybridized carbons (Fsp3) is 0.182. The van der Waals surface area contributed by atoms with Crippen molar-refractivity contribution in [1.29, 1.82) is 0 Å². The zero-order valence-electron chi connectivity index (χ0n) is 8.89. The van der Waals surface area contributed by atoms with Gasteiger partial charge in [0, 0.05) is 6.07 Å². The van der Waals surface area contributed by atoms with Gasteiger partial charge in [0.05, 0.1) is 14.2 Å². The first-order valence-electron chi connectivity index (χ1n) is 4.56. The molecule has 16 heavy (non-hydrogen) atoms. The summed E-state index contributed by atoms with van der Waals surface area (Å²) in [5, 5.41) is 1.87. The third kappa shape index (κ3) is 1.86. The summed E-state index contributed by atoms with van der Waals surface area (Å²) in [5.74, 6) is 1.27. The topological polar surface area (TPSA) is 47.9 Å². The van der Waals surface area contributed by atoms with Crippen LogP contribution in [0.5, 0.6) is 11.5 Å². The van der Waals surface area contributed by atoms with Crippen LogP contribution in [0.4, 0.5) is 0 Å². The maximum absolute atomic E-state index is 11.6. The highest BCUT2D eigenvalue weighted by atomic mass is 32.2. The minimum Gasteiger partial charge on any atom is -0.498 e. The first-order chi connectivity index (χ1) is 7.76. The lowest BCUT2D eigenvalue weighted by molar-refractivity contribution is 0.394. The van der Waals surface area contributed by atoms with Gasteiger partial charge in [0.15, 0.2) is 0 Å². The van der Waals surface area contributed by atoms with Gasteiger partial charge in [0.1, 0.15) is 11.5 Å². The summed E-state index contributed by atoms with van der Waals surface area (Å²) >= 11 is 0. The third-order valence-electron chi connectivity index (χ3n) is 2.16. The van der Waals surface area contributed by atoms with Crippen molar-refractivity contribution in [3.63, 3.8) is 0 Å². The largest absolute Gasteiger partial charge is 0.498 e. The van der Waals surface area contributed by atoms with E-state index in [1.165, 1.54) is 5.41 Å². The van der Waals surface area contributed by atoms with Crippen LogP contribution < -0.4 is 9.47 Å². The molecule has 0 fully saturated rings. The Morgan fingerprint density at radius 1 is 1.31 bits per heavy atom. The molecule has 1 heterocycles. The van der Waals surface area contributed by atoms with E-state index in [0.29, 0.717) is 22.1 Å². The van der Waals surface area contributed by atoms with Crippen LogP contribution in [-0.4, -0.2) is 23.5 Å². The molecule has 2 rings (SSSR count). The SMILES string of the molecule is COc1ccc(C2=N[C-]=CS2=O)c(OC)c1. The lowest BCUT2D eigenvalue weighted by atomic mass is 10.2. The quantitative estimate of drug-likeness (QED) is 0.747. The van der Waals surface area contributed by atoms with Crippen LogP contribution in [0.15, 0.2) is 28.6 Å². The first kappa shape index (κ1) is 10.9. The summed E-state index contributed by atoms with van der Waals surface area (Å²) in [4.78, 5) is 3.94. The lowest BCUT2D eigenvalue weighted by Crippen LogP contribution is -2.06. The summed E-state index contributed by atoms with van der Waals surface area (Å²) in [6.45, 7) is 0. The molecule has 0 aliphatic carbocycles. The van der Waals surface area contributed by atoms with Crippen LogP contribution in [0.25, 0.3) is 0 Å². The molecule has 0 amide bonds. The maximum atomic E-state index is 11.6. The fourth-order valence-corrected chi connectivity index (χ4v) is 2.17. The third-order valence-corrected chi connectivity index (χ3v) is 3.17. The van der Waals surface area contributed by atoms with Gasteiger partial charge in [-0.3, -0.25) is 4.21 Å². The highest BCUT2D eigenvalue weighted by Gasteiger charge is 2.09. The zero-order valence-corrected chi connectivity index (χ0v) is 9.71.